The summed E-state index contributed by atoms with van der Waals surface area (Å²) in [5.74, 6) is -0.268. The van der Waals surface area contributed by atoms with Crippen molar-refractivity contribution in [3.05, 3.63) is 30.3 Å². The number of benzene rings is 1. The van der Waals surface area contributed by atoms with Crippen molar-refractivity contribution in [3.63, 3.8) is 0 Å². The van der Waals surface area contributed by atoms with E-state index in [-0.39, 0.29) is 0 Å². The maximum atomic E-state index is 11.0. The molecule has 0 saturated carbocycles. The Balaban J connectivity index is 2.12. The highest BCUT2D eigenvalue weighted by atomic mass is 16.4. The van der Waals surface area contributed by atoms with Gasteiger partial charge in [0.15, 0.2) is 11.8 Å². The van der Waals surface area contributed by atoms with Crippen molar-refractivity contribution in [3.8, 4) is 11.6 Å². The molecule has 7 nitrogen and oxygen atoms in total. The summed E-state index contributed by atoms with van der Waals surface area (Å²) in [5.41, 5.74) is 0.704. The predicted octanol–water partition coefficient (Wildman–Crippen LogP) is 1.73. The van der Waals surface area contributed by atoms with Crippen molar-refractivity contribution < 1.29 is 14.3 Å². The van der Waals surface area contributed by atoms with Gasteiger partial charge in [-0.15, -0.1) is 5.10 Å². The number of furan rings is 1. The quantitative estimate of drug-likeness (QED) is 0.768. The highest BCUT2D eigenvalue weighted by molar-refractivity contribution is 5.81. The molecule has 1 unspecified atom stereocenters. The minimum absolute atomic E-state index is 0.297. The first-order valence-corrected chi connectivity index (χ1v) is 5.66. The molecule has 0 radical (unpaired) electrons. The van der Waals surface area contributed by atoms with Gasteiger partial charge >= 0.3 is 5.97 Å². The number of carbonyl (C=O) groups is 1. The summed E-state index contributed by atoms with van der Waals surface area (Å²) in [7, 11) is 0. The van der Waals surface area contributed by atoms with Gasteiger partial charge in [-0.1, -0.05) is 18.2 Å². The number of aliphatic carboxylic acids is 1. The topological polar surface area (TPSA) is 94.0 Å². The molecule has 2 heterocycles. The van der Waals surface area contributed by atoms with Crippen LogP contribution in [-0.2, 0) is 4.79 Å². The SMILES string of the molecule is CC(C(=O)O)n1nnnc1-c1cc2ccccc2o1. The second-order valence-electron chi connectivity index (χ2n) is 4.11. The van der Waals surface area contributed by atoms with E-state index in [1.807, 2.05) is 24.3 Å². The molecule has 2 aromatic heterocycles. The highest BCUT2D eigenvalue weighted by Gasteiger charge is 2.22. The summed E-state index contributed by atoms with van der Waals surface area (Å²) in [6.07, 6.45) is 0. The molecule has 3 aromatic rings. The third-order valence-electron chi connectivity index (χ3n) is 2.86. The molecule has 0 aliphatic rings. The Labute approximate surface area is 107 Å². The van der Waals surface area contributed by atoms with Crippen LogP contribution in [0.2, 0.25) is 0 Å². The van der Waals surface area contributed by atoms with E-state index in [1.54, 1.807) is 6.07 Å². The van der Waals surface area contributed by atoms with Crippen molar-refractivity contribution >= 4 is 16.9 Å². The number of carboxylic acid groups (broad SMARTS) is 1. The number of carboxylic acids is 1. The van der Waals surface area contributed by atoms with E-state index in [1.165, 1.54) is 11.6 Å². The summed E-state index contributed by atoms with van der Waals surface area (Å²) in [4.78, 5) is 11.0. The van der Waals surface area contributed by atoms with Gasteiger partial charge in [0.25, 0.3) is 0 Å². The lowest BCUT2D eigenvalue weighted by Crippen LogP contribution is -2.17. The smallest absolute Gasteiger partial charge is 0.328 e. The van der Waals surface area contributed by atoms with E-state index in [9.17, 15) is 4.79 Å². The fraction of sp³-hybridized carbons (Fsp3) is 0.167. The molecule has 0 spiro atoms. The maximum Gasteiger partial charge on any atom is 0.328 e. The molecule has 1 N–H and O–H groups in total. The van der Waals surface area contributed by atoms with Crippen LogP contribution in [0, 0.1) is 0 Å². The lowest BCUT2D eigenvalue weighted by Gasteiger charge is -2.06. The Hall–Kier alpha value is -2.70. The van der Waals surface area contributed by atoms with Crippen LogP contribution in [0.5, 0.6) is 0 Å². The van der Waals surface area contributed by atoms with Crippen molar-refractivity contribution in [1.82, 2.24) is 20.2 Å². The van der Waals surface area contributed by atoms with Crippen LogP contribution >= 0.6 is 0 Å². The van der Waals surface area contributed by atoms with Crippen LogP contribution in [0.4, 0.5) is 0 Å². The number of tetrazole rings is 1. The first-order chi connectivity index (χ1) is 9.16. The number of fused-ring (bicyclic) bond motifs is 1. The Morgan fingerprint density at radius 3 is 2.95 bits per heavy atom. The fourth-order valence-electron chi connectivity index (χ4n) is 1.81. The minimum atomic E-state index is -1.01. The molecule has 0 aliphatic heterocycles. The maximum absolute atomic E-state index is 11.0. The van der Waals surface area contributed by atoms with Gasteiger partial charge in [0.05, 0.1) is 0 Å². The molecule has 19 heavy (non-hydrogen) atoms. The molecule has 3 rings (SSSR count). The number of aromatic nitrogens is 4. The van der Waals surface area contributed by atoms with Gasteiger partial charge in [0.1, 0.15) is 5.58 Å². The number of para-hydroxylation sites is 1. The molecule has 0 fully saturated rings. The van der Waals surface area contributed by atoms with Crippen LogP contribution in [0.3, 0.4) is 0 Å². The molecular weight excluding hydrogens is 248 g/mol. The van der Waals surface area contributed by atoms with Crippen molar-refractivity contribution in [2.24, 2.45) is 0 Å². The zero-order valence-corrected chi connectivity index (χ0v) is 10.0. The molecule has 1 aromatic carbocycles. The summed E-state index contributed by atoms with van der Waals surface area (Å²) >= 11 is 0. The van der Waals surface area contributed by atoms with Crippen molar-refractivity contribution in [1.29, 1.82) is 0 Å². The van der Waals surface area contributed by atoms with E-state index in [0.717, 1.165) is 5.39 Å². The molecule has 0 amide bonds. The Bertz CT molecular complexity index is 713. The molecular formula is C12H10N4O3. The van der Waals surface area contributed by atoms with Crippen LogP contribution in [0.25, 0.3) is 22.6 Å². The summed E-state index contributed by atoms with van der Waals surface area (Å²) in [5, 5.41) is 21.0. The minimum Gasteiger partial charge on any atom is -0.480 e. The van der Waals surface area contributed by atoms with E-state index in [2.05, 4.69) is 15.5 Å². The van der Waals surface area contributed by atoms with E-state index in [4.69, 9.17) is 9.52 Å². The summed E-state index contributed by atoms with van der Waals surface area (Å²) in [6.45, 7) is 1.50. The first-order valence-electron chi connectivity index (χ1n) is 5.66. The number of nitrogens with zero attached hydrogens (tertiary/aromatic N) is 4. The largest absolute Gasteiger partial charge is 0.480 e. The third-order valence-corrected chi connectivity index (χ3v) is 2.86. The standard InChI is InChI=1S/C12H10N4O3/c1-7(12(17)18)16-11(13-14-15-16)10-6-8-4-2-3-5-9(8)19-10/h2-7H,1H3,(H,17,18). The van der Waals surface area contributed by atoms with Gasteiger partial charge in [-0.2, -0.15) is 0 Å². The molecule has 1 atom stereocenters. The van der Waals surface area contributed by atoms with E-state index < -0.39 is 12.0 Å². The van der Waals surface area contributed by atoms with Crippen LogP contribution < -0.4 is 0 Å². The summed E-state index contributed by atoms with van der Waals surface area (Å²) in [6, 6.07) is 8.40. The van der Waals surface area contributed by atoms with E-state index >= 15 is 0 Å². The number of rotatable bonds is 3. The second-order valence-corrected chi connectivity index (χ2v) is 4.11. The second kappa shape index (κ2) is 4.20. The van der Waals surface area contributed by atoms with Gasteiger partial charge in [-0.3, -0.25) is 0 Å². The van der Waals surface area contributed by atoms with Gasteiger partial charge in [-0.25, -0.2) is 9.48 Å². The lowest BCUT2D eigenvalue weighted by molar-refractivity contribution is -0.140. The Morgan fingerprint density at radius 2 is 2.21 bits per heavy atom. The molecule has 0 saturated heterocycles. The highest BCUT2D eigenvalue weighted by Crippen LogP contribution is 2.27. The van der Waals surface area contributed by atoms with Gasteiger partial charge < -0.3 is 9.52 Å². The average Bonchev–Trinajstić information content (AvgIpc) is 3.03. The number of hydrogen-bond donors (Lipinski definition) is 1. The Kier molecular flexibility index (Phi) is 2.52. The first kappa shape index (κ1) is 11.4. The molecule has 0 aliphatic carbocycles. The zero-order chi connectivity index (χ0) is 13.4. The Morgan fingerprint density at radius 1 is 1.42 bits per heavy atom. The number of hydrogen-bond acceptors (Lipinski definition) is 5. The van der Waals surface area contributed by atoms with Crippen LogP contribution in [0.15, 0.2) is 34.7 Å². The van der Waals surface area contributed by atoms with Crippen LogP contribution in [0.1, 0.15) is 13.0 Å². The molecule has 96 valence electrons. The molecule has 7 heteroatoms. The summed E-state index contributed by atoms with van der Waals surface area (Å²) < 4.78 is 6.85. The third kappa shape index (κ3) is 1.85. The zero-order valence-electron chi connectivity index (χ0n) is 10.0. The molecule has 0 bridgehead atoms. The average molecular weight is 258 g/mol. The van der Waals surface area contributed by atoms with Crippen LogP contribution in [-0.4, -0.2) is 31.3 Å². The fourth-order valence-corrected chi connectivity index (χ4v) is 1.81. The normalized spacial score (nSPS) is 12.7. The van der Waals surface area contributed by atoms with Gasteiger partial charge in [0.2, 0.25) is 5.82 Å². The van der Waals surface area contributed by atoms with Crippen molar-refractivity contribution in [2.75, 3.05) is 0 Å². The predicted molar refractivity (Wildman–Crippen MR) is 65.4 cm³/mol. The lowest BCUT2D eigenvalue weighted by atomic mass is 10.2. The van der Waals surface area contributed by atoms with E-state index in [0.29, 0.717) is 17.2 Å². The monoisotopic (exact) mass is 258 g/mol. The van der Waals surface area contributed by atoms with Gasteiger partial charge in [0, 0.05) is 5.39 Å². The van der Waals surface area contributed by atoms with Crippen molar-refractivity contribution in [2.45, 2.75) is 13.0 Å². The van der Waals surface area contributed by atoms with Gasteiger partial charge in [-0.05, 0) is 29.5 Å².